The van der Waals surface area contributed by atoms with Crippen LogP contribution in [0.2, 0.25) is 0 Å². The highest BCUT2D eigenvalue weighted by molar-refractivity contribution is 6.01. The SMILES string of the molecule is C/C=N\N1C(C(=O)OC)=C(OCc2ccccc2)c2ccc(Oc3c(C)cccc3C)cc2/C1=C\C. The third-order valence-electron chi connectivity index (χ3n) is 5.90. The smallest absolute Gasteiger partial charge is 0.360 e. The Morgan fingerprint density at radius 3 is 2.31 bits per heavy atom. The van der Waals surface area contributed by atoms with E-state index in [1.807, 2.05) is 93.6 Å². The third-order valence-corrected chi connectivity index (χ3v) is 5.90. The molecule has 0 bridgehead atoms. The van der Waals surface area contributed by atoms with Gasteiger partial charge in [-0.1, -0.05) is 54.6 Å². The number of para-hydroxylation sites is 1. The van der Waals surface area contributed by atoms with Gasteiger partial charge in [-0.15, -0.1) is 0 Å². The fourth-order valence-corrected chi connectivity index (χ4v) is 4.20. The number of nitrogens with zero attached hydrogens (tertiary/aromatic N) is 2. The number of fused-ring (bicyclic) bond motifs is 1. The molecule has 1 heterocycles. The first-order chi connectivity index (χ1) is 17.5. The summed E-state index contributed by atoms with van der Waals surface area (Å²) >= 11 is 0. The van der Waals surface area contributed by atoms with Crippen molar-refractivity contribution in [2.45, 2.75) is 34.3 Å². The van der Waals surface area contributed by atoms with Crippen LogP contribution in [0.5, 0.6) is 11.5 Å². The first kappa shape index (κ1) is 24.8. The summed E-state index contributed by atoms with van der Waals surface area (Å²) in [6.07, 6.45) is 3.54. The van der Waals surface area contributed by atoms with E-state index in [1.165, 1.54) is 7.11 Å². The number of aryl methyl sites for hydroxylation is 2. The number of carbonyl (C=O) groups excluding carboxylic acids is 1. The first-order valence-electron chi connectivity index (χ1n) is 11.8. The van der Waals surface area contributed by atoms with Crippen molar-refractivity contribution >= 4 is 23.6 Å². The Bertz CT molecular complexity index is 1340. The number of carbonyl (C=O) groups is 1. The average molecular weight is 483 g/mol. The molecule has 0 atom stereocenters. The summed E-state index contributed by atoms with van der Waals surface area (Å²) < 4.78 is 17.8. The van der Waals surface area contributed by atoms with Gasteiger partial charge in [0.2, 0.25) is 0 Å². The van der Waals surface area contributed by atoms with Crippen LogP contribution in [-0.4, -0.2) is 24.3 Å². The summed E-state index contributed by atoms with van der Waals surface area (Å²) in [6.45, 7) is 8.03. The molecule has 3 aromatic carbocycles. The highest BCUT2D eigenvalue weighted by Gasteiger charge is 2.35. The van der Waals surface area contributed by atoms with Crippen LogP contribution in [0, 0.1) is 13.8 Å². The largest absolute Gasteiger partial charge is 0.486 e. The number of hydrazone groups is 1. The minimum absolute atomic E-state index is 0.218. The van der Waals surface area contributed by atoms with Crippen LogP contribution in [0.3, 0.4) is 0 Å². The van der Waals surface area contributed by atoms with E-state index >= 15 is 0 Å². The van der Waals surface area contributed by atoms with Gasteiger partial charge in [0.15, 0.2) is 11.5 Å². The molecule has 6 nitrogen and oxygen atoms in total. The zero-order valence-corrected chi connectivity index (χ0v) is 21.2. The summed E-state index contributed by atoms with van der Waals surface area (Å²) in [7, 11) is 1.35. The topological polar surface area (TPSA) is 60.4 Å². The molecule has 3 aromatic rings. The molecule has 1 aliphatic heterocycles. The maximum atomic E-state index is 13.0. The molecule has 6 heteroatoms. The second kappa shape index (κ2) is 11.0. The average Bonchev–Trinajstić information content (AvgIpc) is 2.89. The summed E-state index contributed by atoms with van der Waals surface area (Å²) in [5, 5.41) is 6.06. The molecule has 0 amide bonds. The molecule has 0 aromatic heterocycles. The number of rotatable bonds is 7. The Kier molecular flexibility index (Phi) is 7.54. The molecule has 0 radical (unpaired) electrons. The van der Waals surface area contributed by atoms with E-state index in [2.05, 4.69) is 5.10 Å². The van der Waals surface area contributed by atoms with E-state index in [1.54, 1.807) is 18.1 Å². The van der Waals surface area contributed by atoms with Crippen LogP contribution in [-0.2, 0) is 20.9 Å². The second-order valence-electron chi connectivity index (χ2n) is 8.33. The van der Waals surface area contributed by atoms with Crippen molar-refractivity contribution < 1.29 is 19.0 Å². The van der Waals surface area contributed by atoms with Gasteiger partial charge in [0, 0.05) is 17.3 Å². The predicted octanol–water partition coefficient (Wildman–Crippen LogP) is 6.84. The van der Waals surface area contributed by atoms with E-state index in [-0.39, 0.29) is 12.3 Å². The molecule has 0 aliphatic carbocycles. The standard InChI is InChI=1S/C30H30N2O4/c1-6-26-25-18-23(36-28-20(3)12-11-13-21(28)4)16-17-24(25)29(35-19-22-14-9-8-10-15-22)27(30(33)34-5)32(26)31-7-2/h6-18H,19H2,1-5H3/b26-6+,31-7-. The number of ether oxygens (including phenoxy) is 3. The van der Waals surface area contributed by atoms with Gasteiger partial charge in [-0.3, -0.25) is 0 Å². The quantitative estimate of drug-likeness (QED) is 0.273. The summed E-state index contributed by atoms with van der Waals surface area (Å²) in [6, 6.07) is 21.6. The van der Waals surface area contributed by atoms with Crippen LogP contribution in [0.1, 0.15) is 41.7 Å². The molecule has 4 rings (SSSR count). The Balaban J connectivity index is 1.85. The van der Waals surface area contributed by atoms with Crippen LogP contribution in [0.4, 0.5) is 0 Å². The van der Waals surface area contributed by atoms with Crippen molar-refractivity contribution in [3.8, 4) is 11.5 Å². The number of methoxy groups -OCH3 is 1. The lowest BCUT2D eigenvalue weighted by atomic mass is 9.96. The van der Waals surface area contributed by atoms with E-state index in [4.69, 9.17) is 14.2 Å². The lowest BCUT2D eigenvalue weighted by Gasteiger charge is -2.32. The highest BCUT2D eigenvalue weighted by atomic mass is 16.5. The molecule has 0 fully saturated rings. The van der Waals surface area contributed by atoms with E-state index in [0.29, 0.717) is 11.5 Å². The maximum Gasteiger partial charge on any atom is 0.360 e. The Labute approximate surface area is 212 Å². The Morgan fingerprint density at radius 1 is 0.944 bits per heavy atom. The van der Waals surface area contributed by atoms with Gasteiger partial charge in [0.05, 0.1) is 12.8 Å². The Morgan fingerprint density at radius 2 is 1.67 bits per heavy atom. The molecule has 0 saturated carbocycles. The van der Waals surface area contributed by atoms with Crippen molar-refractivity contribution in [3.05, 3.63) is 106 Å². The Hall–Kier alpha value is -4.32. The number of hydrogen-bond acceptors (Lipinski definition) is 6. The second-order valence-corrected chi connectivity index (χ2v) is 8.33. The van der Waals surface area contributed by atoms with Gasteiger partial charge < -0.3 is 14.2 Å². The normalized spacial score (nSPS) is 14.2. The fourth-order valence-electron chi connectivity index (χ4n) is 4.20. The van der Waals surface area contributed by atoms with Gasteiger partial charge in [-0.2, -0.15) is 5.10 Å². The number of allylic oxidation sites excluding steroid dienone is 1. The molecule has 0 N–H and O–H groups in total. The monoisotopic (exact) mass is 482 g/mol. The molecule has 0 unspecified atom stereocenters. The van der Waals surface area contributed by atoms with Crippen molar-refractivity contribution in [2.24, 2.45) is 5.10 Å². The van der Waals surface area contributed by atoms with Crippen molar-refractivity contribution in [3.63, 3.8) is 0 Å². The lowest BCUT2D eigenvalue weighted by Crippen LogP contribution is -2.29. The fraction of sp³-hybridized carbons (Fsp3) is 0.200. The molecular weight excluding hydrogens is 452 g/mol. The molecule has 36 heavy (non-hydrogen) atoms. The number of hydrogen-bond donors (Lipinski definition) is 0. The van der Waals surface area contributed by atoms with E-state index < -0.39 is 5.97 Å². The van der Waals surface area contributed by atoms with Crippen LogP contribution in [0.15, 0.2) is 83.6 Å². The molecule has 184 valence electrons. The van der Waals surface area contributed by atoms with E-state index in [9.17, 15) is 4.79 Å². The minimum Gasteiger partial charge on any atom is -0.486 e. The van der Waals surface area contributed by atoms with Crippen molar-refractivity contribution in [1.29, 1.82) is 0 Å². The van der Waals surface area contributed by atoms with Crippen LogP contribution in [0.25, 0.3) is 11.5 Å². The molecule has 0 saturated heterocycles. The lowest BCUT2D eigenvalue weighted by molar-refractivity contribution is -0.137. The zero-order valence-electron chi connectivity index (χ0n) is 21.2. The maximum absolute atomic E-state index is 13.0. The van der Waals surface area contributed by atoms with Crippen LogP contribution < -0.4 is 4.74 Å². The zero-order chi connectivity index (χ0) is 25.7. The van der Waals surface area contributed by atoms with Gasteiger partial charge in [0.25, 0.3) is 0 Å². The van der Waals surface area contributed by atoms with E-state index in [0.717, 1.165) is 39.3 Å². The molecule has 0 spiro atoms. The summed E-state index contributed by atoms with van der Waals surface area (Å²) in [5.74, 6) is 1.36. The summed E-state index contributed by atoms with van der Waals surface area (Å²) in [4.78, 5) is 13.0. The minimum atomic E-state index is -0.537. The van der Waals surface area contributed by atoms with Crippen molar-refractivity contribution in [2.75, 3.05) is 7.11 Å². The number of esters is 1. The van der Waals surface area contributed by atoms with Crippen molar-refractivity contribution in [1.82, 2.24) is 5.01 Å². The summed E-state index contributed by atoms with van der Waals surface area (Å²) in [5.41, 5.74) is 5.62. The van der Waals surface area contributed by atoms with Gasteiger partial charge in [-0.05, 0) is 62.6 Å². The molecule has 1 aliphatic rings. The highest BCUT2D eigenvalue weighted by Crippen LogP contribution is 2.42. The molecular formula is C30H30N2O4. The predicted molar refractivity (Wildman–Crippen MR) is 142 cm³/mol. The third kappa shape index (κ3) is 4.89. The first-order valence-corrected chi connectivity index (χ1v) is 11.8. The van der Waals surface area contributed by atoms with Crippen LogP contribution >= 0.6 is 0 Å². The van der Waals surface area contributed by atoms with Gasteiger partial charge >= 0.3 is 5.97 Å². The van der Waals surface area contributed by atoms with Gasteiger partial charge in [0.1, 0.15) is 18.1 Å². The van der Waals surface area contributed by atoms with Gasteiger partial charge in [-0.25, -0.2) is 9.80 Å². The number of benzene rings is 3.